The van der Waals surface area contributed by atoms with Gasteiger partial charge in [-0.15, -0.1) is 0 Å². The topological polar surface area (TPSA) is 96.0 Å². The lowest BCUT2D eigenvalue weighted by Gasteiger charge is -2.33. The molecule has 2 aromatic rings. The highest BCUT2D eigenvalue weighted by Gasteiger charge is 2.42. The Morgan fingerprint density at radius 3 is 2.59 bits per heavy atom. The molecule has 1 N–H and O–H groups in total. The van der Waals surface area contributed by atoms with Gasteiger partial charge in [0.15, 0.2) is 0 Å². The van der Waals surface area contributed by atoms with Gasteiger partial charge in [0.25, 0.3) is 0 Å². The predicted molar refractivity (Wildman–Crippen MR) is 107 cm³/mol. The molecule has 0 saturated carbocycles. The molecule has 8 nitrogen and oxygen atoms in total. The summed E-state index contributed by atoms with van der Waals surface area (Å²) in [4.78, 5) is 26.9. The van der Waals surface area contributed by atoms with Crippen molar-refractivity contribution in [2.24, 2.45) is 0 Å². The summed E-state index contributed by atoms with van der Waals surface area (Å²) in [5.74, 6) is -0.143. The van der Waals surface area contributed by atoms with E-state index in [1.54, 1.807) is 36.4 Å². The fourth-order valence-corrected chi connectivity index (χ4v) is 5.42. The highest BCUT2D eigenvalue weighted by molar-refractivity contribution is 7.89. The number of rotatable bonds is 4. The monoisotopic (exact) mass is 415 g/mol. The molecule has 4 rings (SSSR count). The first-order valence-corrected chi connectivity index (χ1v) is 10.7. The number of sulfonamides is 1. The van der Waals surface area contributed by atoms with E-state index in [1.165, 1.54) is 28.4 Å². The average Bonchev–Trinajstić information content (AvgIpc) is 3.23. The zero-order valence-electron chi connectivity index (χ0n) is 15.9. The fourth-order valence-electron chi connectivity index (χ4n) is 3.77. The molecule has 2 aromatic carbocycles. The first-order chi connectivity index (χ1) is 13.9. The third-order valence-corrected chi connectivity index (χ3v) is 7.11. The quantitative estimate of drug-likeness (QED) is 0.822. The van der Waals surface area contributed by atoms with Crippen molar-refractivity contribution >= 4 is 33.2 Å². The maximum absolute atomic E-state index is 13.3. The zero-order valence-corrected chi connectivity index (χ0v) is 16.7. The molecule has 1 fully saturated rings. The third kappa shape index (κ3) is 3.47. The number of benzene rings is 2. The molecule has 0 bridgehead atoms. The lowest BCUT2D eigenvalue weighted by Crippen LogP contribution is -2.51. The molecule has 29 heavy (non-hydrogen) atoms. The number of amides is 2. The Morgan fingerprint density at radius 1 is 1.14 bits per heavy atom. The van der Waals surface area contributed by atoms with Crippen LogP contribution in [0.5, 0.6) is 5.75 Å². The third-order valence-electron chi connectivity index (χ3n) is 5.19. The van der Waals surface area contributed by atoms with Crippen molar-refractivity contribution in [3.8, 4) is 5.75 Å². The smallest absolute Gasteiger partial charge is 0.245 e. The Balaban J connectivity index is 1.64. The Labute approximate surface area is 169 Å². The van der Waals surface area contributed by atoms with E-state index in [0.29, 0.717) is 30.0 Å². The van der Waals surface area contributed by atoms with Crippen LogP contribution in [0.3, 0.4) is 0 Å². The van der Waals surface area contributed by atoms with Gasteiger partial charge >= 0.3 is 0 Å². The minimum Gasteiger partial charge on any atom is -0.497 e. The minimum absolute atomic E-state index is 0.106. The van der Waals surface area contributed by atoms with Gasteiger partial charge in [0.1, 0.15) is 18.3 Å². The van der Waals surface area contributed by atoms with Gasteiger partial charge in [-0.2, -0.15) is 4.31 Å². The van der Waals surface area contributed by atoms with Gasteiger partial charge in [-0.3, -0.25) is 14.5 Å². The van der Waals surface area contributed by atoms with Crippen molar-refractivity contribution in [2.45, 2.75) is 23.8 Å². The fraction of sp³-hybridized carbons (Fsp3) is 0.300. The number of ether oxygens (including phenoxy) is 1. The summed E-state index contributed by atoms with van der Waals surface area (Å²) in [7, 11) is -2.35. The van der Waals surface area contributed by atoms with Gasteiger partial charge < -0.3 is 10.1 Å². The van der Waals surface area contributed by atoms with Crippen molar-refractivity contribution in [3.05, 3.63) is 48.5 Å². The van der Waals surface area contributed by atoms with Crippen LogP contribution in [0.1, 0.15) is 12.8 Å². The van der Waals surface area contributed by atoms with Gasteiger partial charge in [0.05, 0.1) is 23.4 Å². The standard InChI is InChI=1S/C20H21N3O5S/c1-28-14-8-10-15(11-9-14)29(26,27)23-12-4-7-18(23)20(25)22-13-19(24)21-16-5-2-3-6-17(16)22/h2-3,5-6,8-11,18H,4,7,12-13H2,1H3,(H,21,24)/t18-/m0/s1. The lowest BCUT2D eigenvalue weighted by atomic mass is 10.1. The van der Waals surface area contributed by atoms with E-state index < -0.39 is 16.1 Å². The van der Waals surface area contributed by atoms with E-state index in [2.05, 4.69) is 5.32 Å². The first kappa shape index (κ1) is 19.4. The number of hydrogen-bond acceptors (Lipinski definition) is 5. The maximum Gasteiger partial charge on any atom is 0.245 e. The Bertz CT molecular complexity index is 1050. The second-order valence-electron chi connectivity index (χ2n) is 6.94. The highest BCUT2D eigenvalue weighted by atomic mass is 32.2. The van der Waals surface area contributed by atoms with E-state index in [0.717, 1.165) is 0 Å². The maximum atomic E-state index is 13.3. The normalized spacial score (nSPS) is 19.6. The summed E-state index contributed by atoms with van der Waals surface area (Å²) in [6.45, 7) is 0.120. The van der Waals surface area contributed by atoms with E-state index in [-0.39, 0.29) is 29.8 Å². The number of carbonyl (C=O) groups excluding carboxylic acids is 2. The van der Waals surface area contributed by atoms with Crippen LogP contribution in [0.2, 0.25) is 0 Å². The van der Waals surface area contributed by atoms with Gasteiger partial charge in [-0.1, -0.05) is 12.1 Å². The van der Waals surface area contributed by atoms with Crippen LogP contribution in [0.25, 0.3) is 0 Å². The highest BCUT2D eigenvalue weighted by Crippen LogP contribution is 2.33. The van der Waals surface area contributed by atoms with Crippen molar-refractivity contribution in [3.63, 3.8) is 0 Å². The number of nitrogens with zero attached hydrogens (tertiary/aromatic N) is 2. The molecular formula is C20H21N3O5S. The number of hydrogen-bond donors (Lipinski definition) is 1. The van der Waals surface area contributed by atoms with E-state index in [4.69, 9.17) is 4.74 Å². The largest absolute Gasteiger partial charge is 0.497 e. The molecule has 1 atom stereocenters. The van der Waals surface area contributed by atoms with Gasteiger partial charge in [-0.05, 0) is 49.2 Å². The van der Waals surface area contributed by atoms with Crippen LogP contribution in [0.15, 0.2) is 53.4 Å². The molecule has 0 aromatic heterocycles. The van der Waals surface area contributed by atoms with Crippen molar-refractivity contribution < 1.29 is 22.7 Å². The molecule has 2 aliphatic rings. The summed E-state index contributed by atoms with van der Waals surface area (Å²) >= 11 is 0. The summed E-state index contributed by atoms with van der Waals surface area (Å²) in [5, 5.41) is 2.74. The molecule has 0 spiro atoms. The average molecular weight is 415 g/mol. The predicted octanol–water partition coefficient (Wildman–Crippen LogP) is 1.83. The second-order valence-corrected chi connectivity index (χ2v) is 8.83. The van der Waals surface area contributed by atoms with E-state index in [1.807, 2.05) is 0 Å². The van der Waals surface area contributed by atoms with E-state index in [9.17, 15) is 18.0 Å². The summed E-state index contributed by atoms with van der Waals surface area (Å²) in [6.07, 6.45) is 0.988. The molecule has 152 valence electrons. The molecule has 2 amide bonds. The first-order valence-electron chi connectivity index (χ1n) is 9.28. The van der Waals surface area contributed by atoms with Gasteiger partial charge in [0, 0.05) is 6.54 Å². The van der Waals surface area contributed by atoms with Gasteiger partial charge in [-0.25, -0.2) is 8.42 Å². The molecule has 9 heteroatoms. The molecule has 0 aliphatic carbocycles. The molecule has 0 radical (unpaired) electrons. The molecular weight excluding hydrogens is 394 g/mol. The van der Waals surface area contributed by atoms with Crippen LogP contribution in [0.4, 0.5) is 11.4 Å². The molecule has 2 heterocycles. The van der Waals surface area contributed by atoms with Crippen LogP contribution in [-0.2, 0) is 19.6 Å². The van der Waals surface area contributed by atoms with Gasteiger partial charge in [0.2, 0.25) is 21.8 Å². The SMILES string of the molecule is COc1ccc(S(=O)(=O)N2CCC[C@H]2C(=O)N2CC(=O)Nc3ccccc32)cc1. The Morgan fingerprint density at radius 2 is 1.86 bits per heavy atom. The lowest BCUT2D eigenvalue weighted by molar-refractivity contribution is -0.124. The van der Waals surface area contributed by atoms with E-state index >= 15 is 0 Å². The number of nitrogens with one attached hydrogen (secondary N) is 1. The van der Waals surface area contributed by atoms with Crippen molar-refractivity contribution in [1.82, 2.24) is 4.31 Å². The van der Waals surface area contributed by atoms with Crippen LogP contribution < -0.4 is 15.0 Å². The number of carbonyl (C=O) groups is 2. The van der Waals surface area contributed by atoms with Crippen molar-refractivity contribution in [1.29, 1.82) is 0 Å². The van der Waals surface area contributed by atoms with Crippen LogP contribution in [-0.4, -0.2) is 50.8 Å². The molecule has 1 saturated heterocycles. The second kappa shape index (κ2) is 7.49. The van der Waals surface area contributed by atoms with Crippen LogP contribution >= 0.6 is 0 Å². The number of anilines is 2. The Hall–Kier alpha value is -2.91. The summed E-state index contributed by atoms with van der Waals surface area (Å²) < 4.78 is 32.7. The van der Waals surface area contributed by atoms with Crippen LogP contribution in [0, 0.1) is 0 Å². The summed E-state index contributed by atoms with van der Waals surface area (Å²) in [6, 6.07) is 12.2. The molecule has 2 aliphatic heterocycles. The number of methoxy groups -OCH3 is 1. The molecule has 0 unspecified atom stereocenters. The number of fused-ring (bicyclic) bond motifs is 1. The summed E-state index contributed by atoms with van der Waals surface area (Å²) in [5.41, 5.74) is 1.12. The van der Waals surface area contributed by atoms with Crippen molar-refractivity contribution in [2.75, 3.05) is 30.4 Å². The Kier molecular flexibility index (Phi) is 5.01. The number of para-hydroxylation sites is 2. The zero-order chi connectivity index (χ0) is 20.6. The minimum atomic E-state index is -3.86.